The first-order valence-electron chi connectivity index (χ1n) is 10.3. The SMILES string of the molecule is CCOc1cc(C2C3=C(CCCC3=O)OC3=C2C(=O)CCC3)cc(Br)c1OC(C)=O. The van der Waals surface area contributed by atoms with Crippen molar-refractivity contribution in [3.63, 3.8) is 0 Å². The van der Waals surface area contributed by atoms with Crippen molar-refractivity contribution < 1.29 is 28.6 Å². The van der Waals surface area contributed by atoms with Gasteiger partial charge in [-0.05, 0) is 53.4 Å². The van der Waals surface area contributed by atoms with Gasteiger partial charge in [0.05, 0.1) is 11.1 Å². The second-order valence-corrected chi connectivity index (χ2v) is 8.47. The molecule has 0 N–H and O–H groups in total. The minimum atomic E-state index is -0.494. The number of hydrogen-bond acceptors (Lipinski definition) is 6. The van der Waals surface area contributed by atoms with Crippen molar-refractivity contribution >= 4 is 33.5 Å². The summed E-state index contributed by atoms with van der Waals surface area (Å²) in [5.74, 6) is 1.12. The Balaban J connectivity index is 1.90. The Morgan fingerprint density at radius 1 is 1.07 bits per heavy atom. The molecule has 30 heavy (non-hydrogen) atoms. The van der Waals surface area contributed by atoms with Crippen LogP contribution in [-0.4, -0.2) is 24.1 Å². The summed E-state index contributed by atoms with van der Waals surface area (Å²) >= 11 is 3.48. The number of allylic oxidation sites excluding steroid dienone is 4. The van der Waals surface area contributed by atoms with Gasteiger partial charge in [0.15, 0.2) is 23.1 Å². The second-order valence-electron chi connectivity index (χ2n) is 7.62. The van der Waals surface area contributed by atoms with E-state index in [1.807, 2.05) is 6.92 Å². The molecule has 1 aromatic rings. The van der Waals surface area contributed by atoms with Crippen molar-refractivity contribution in [2.45, 2.75) is 58.3 Å². The fraction of sp³-hybridized carbons (Fsp3) is 0.435. The Labute approximate surface area is 183 Å². The molecule has 1 aromatic carbocycles. The molecule has 0 unspecified atom stereocenters. The number of rotatable bonds is 4. The van der Waals surface area contributed by atoms with E-state index in [0.717, 1.165) is 18.4 Å². The van der Waals surface area contributed by atoms with Crippen LogP contribution in [0.4, 0.5) is 0 Å². The molecule has 0 amide bonds. The van der Waals surface area contributed by atoms with Gasteiger partial charge in [0, 0.05) is 49.7 Å². The minimum absolute atomic E-state index is 0.0179. The smallest absolute Gasteiger partial charge is 0.308 e. The Kier molecular flexibility index (Phi) is 5.82. The van der Waals surface area contributed by atoms with E-state index in [4.69, 9.17) is 14.2 Å². The number of ether oxygens (including phenoxy) is 3. The quantitative estimate of drug-likeness (QED) is 0.455. The van der Waals surface area contributed by atoms with Crippen molar-refractivity contribution in [2.24, 2.45) is 0 Å². The van der Waals surface area contributed by atoms with Crippen molar-refractivity contribution in [3.05, 3.63) is 44.8 Å². The third-order valence-electron chi connectivity index (χ3n) is 5.55. The zero-order valence-corrected chi connectivity index (χ0v) is 18.6. The van der Waals surface area contributed by atoms with Gasteiger partial charge in [-0.15, -0.1) is 0 Å². The molecule has 0 saturated heterocycles. The minimum Gasteiger partial charge on any atom is -0.490 e. The first-order valence-corrected chi connectivity index (χ1v) is 11.0. The molecule has 1 aliphatic heterocycles. The second kappa shape index (κ2) is 8.38. The summed E-state index contributed by atoms with van der Waals surface area (Å²) in [6, 6.07) is 3.57. The molecular weight excluding hydrogens is 452 g/mol. The van der Waals surface area contributed by atoms with Gasteiger partial charge >= 0.3 is 5.97 Å². The van der Waals surface area contributed by atoms with E-state index in [0.29, 0.717) is 65.2 Å². The summed E-state index contributed by atoms with van der Waals surface area (Å²) in [4.78, 5) is 37.4. The molecule has 6 nitrogen and oxygen atoms in total. The average Bonchev–Trinajstić information content (AvgIpc) is 2.69. The van der Waals surface area contributed by atoms with E-state index in [1.165, 1.54) is 6.92 Å². The lowest BCUT2D eigenvalue weighted by atomic mass is 9.73. The number of Topliss-reactive ketones (excluding diaryl/α,β-unsaturated/α-hetero) is 2. The van der Waals surface area contributed by atoms with E-state index in [-0.39, 0.29) is 17.3 Å². The summed E-state index contributed by atoms with van der Waals surface area (Å²) in [7, 11) is 0. The zero-order valence-electron chi connectivity index (χ0n) is 17.0. The maximum absolute atomic E-state index is 12.9. The van der Waals surface area contributed by atoms with E-state index in [1.54, 1.807) is 12.1 Å². The van der Waals surface area contributed by atoms with Gasteiger partial charge in [-0.25, -0.2) is 0 Å². The van der Waals surface area contributed by atoms with Crippen LogP contribution in [-0.2, 0) is 19.1 Å². The number of benzene rings is 1. The van der Waals surface area contributed by atoms with Crippen LogP contribution in [0, 0.1) is 0 Å². The summed E-state index contributed by atoms with van der Waals surface area (Å²) in [5, 5.41) is 0. The molecule has 7 heteroatoms. The highest BCUT2D eigenvalue weighted by Crippen LogP contribution is 2.50. The Morgan fingerprint density at radius 2 is 1.67 bits per heavy atom. The van der Waals surface area contributed by atoms with Crippen LogP contribution < -0.4 is 9.47 Å². The average molecular weight is 475 g/mol. The molecule has 0 bridgehead atoms. The first-order chi connectivity index (χ1) is 14.4. The molecule has 0 aromatic heterocycles. The van der Waals surface area contributed by atoms with Crippen LogP contribution in [0.2, 0.25) is 0 Å². The summed E-state index contributed by atoms with van der Waals surface area (Å²) in [6.07, 6.45) is 3.77. The van der Waals surface area contributed by atoms with Crippen LogP contribution in [0.25, 0.3) is 0 Å². The van der Waals surface area contributed by atoms with E-state index < -0.39 is 11.9 Å². The van der Waals surface area contributed by atoms with Gasteiger partial charge < -0.3 is 14.2 Å². The van der Waals surface area contributed by atoms with Gasteiger partial charge in [0.25, 0.3) is 0 Å². The number of halogens is 1. The fourth-order valence-corrected chi connectivity index (χ4v) is 4.95. The lowest BCUT2D eigenvalue weighted by molar-refractivity contribution is -0.132. The summed E-state index contributed by atoms with van der Waals surface area (Å²) < 4.78 is 17.7. The molecule has 0 spiro atoms. The summed E-state index contributed by atoms with van der Waals surface area (Å²) in [5.41, 5.74) is 1.89. The molecule has 1 heterocycles. The molecule has 158 valence electrons. The summed E-state index contributed by atoms with van der Waals surface area (Å²) in [6.45, 7) is 3.53. The number of esters is 1. The topological polar surface area (TPSA) is 78.9 Å². The maximum Gasteiger partial charge on any atom is 0.308 e. The zero-order chi connectivity index (χ0) is 21.4. The normalized spacial score (nSPS) is 19.3. The number of carbonyl (C=O) groups excluding carboxylic acids is 3. The van der Waals surface area contributed by atoms with Gasteiger partial charge in [0.1, 0.15) is 11.5 Å². The van der Waals surface area contributed by atoms with Crippen LogP contribution in [0.5, 0.6) is 11.5 Å². The largest absolute Gasteiger partial charge is 0.490 e. The maximum atomic E-state index is 12.9. The van der Waals surface area contributed by atoms with E-state index in [2.05, 4.69) is 15.9 Å². The van der Waals surface area contributed by atoms with Crippen LogP contribution in [0.1, 0.15) is 63.9 Å². The third-order valence-corrected chi connectivity index (χ3v) is 6.14. The first kappa shape index (κ1) is 20.8. The predicted octanol–water partition coefficient (Wildman–Crippen LogP) is 4.90. The van der Waals surface area contributed by atoms with Gasteiger partial charge in [-0.3, -0.25) is 14.4 Å². The molecule has 0 radical (unpaired) electrons. The lowest BCUT2D eigenvalue weighted by Gasteiger charge is -2.36. The van der Waals surface area contributed by atoms with Crippen molar-refractivity contribution in [2.75, 3.05) is 6.61 Å². The molecule has 0 fully saturated rings. The van der Waals surface area contributed by atoms with Gasteiger partial charge in [-0.1, -0.05) is 0 Å². The third kappa shape index (κ3) is 3.71. The molecular formula is C23H23BrO6. The fourth-order valence-electron chi connectivity index (χ4n) is 4.41. The Bertz CT molecular complexity index is 961. The van der Waals surface area contributed by atoms with Crippen molar-refractivity contribution in [1.29, 1.82) is 0 Å². The lowest BCUT2D eigenvalue weighted by Crippen LogP contribution is -2.30. The Hall–Kier alpha value is -2.41. The standard InChI is InChI=1S/C23H23BrO6/c1-3-28-19-11-13(10-14(24)23(19)29-12(2)25)20-21-15(26)6-4-8-17(21)30-18-9-5-7-16(27)22(18)20/h10-11,20H,3-9H2,1-2H3. The molecule has 4 rings (SSSR count). The van der Waals surface area contributed by atoms with Crippen LogP contribution >= 0.6 is 15.9 Å². The van der Waals surface area contributed by atoms with Crippen LogP contribution in [0.15, 0.2) is 39.3 Å². The molecule has 3 aliphatic rings. The highest BCUT2D eigenvalue weighted by Gasteiger charge is 2.42. The van der Waals surface area contributed by atoms with E-state index >= 15 is 0 Å². The molecule has 2 aliphatic carbocycles. The highest BCUT2D eigenvalue weighted by molar-refractivity contribution is 9.10. The monoisotopic (exact) mass is 474 g/mol. The van der Waals surface area contributed by atoms with Gasteiger partial charge in [0.2, 0.25) is 0 Å². The van der Waals surface area contributed by atoms with E-state index in [9.17, 15) is 14.4 Å². The van der Waals surface area contributed by atoms with Crippen molar-refractivity contribution in [3.8, 4) is 11.5 Å². The van der Waals surface area contributed by atoms with Crippen molar-refractivity contribution in [1.82, 2.24) is 0 Å². The number of carbonyl (C=O) groups is 3. The number of hydrogen-bond donors (Lipinski definition) is 0. The Morgan fingerprint density at radius 3 is 2.20 bits per heavy atom. The molecule has 0 saturated carbocycles. The molecule has 0 atom stereocenters. The number of ketones is 2. The van der Waals surface area contributed by atoms with Crippen LogP contribution in [0.3, 0.4) is 0 Å². The highest BCUT2D eigenvalue weighted by atomic mass is 79.9. The van der Waals surface area contributed by atoms with Gasteiger partial charge in [-0.2, -0.15) is 0 Å². The predicted molar refractivity (Wildman–Crippen MR) is 112 cm³/mol.